The van der Waals surface area contributed by atoms with Crippen molar-refractivity contribution in [2.75, 3.05) is 5.32 Å². The minimum atomic E-state index is -0.176. The molecule has 1 aliphatic carbocycles. The lowest BCUT2D eigenvalue weighted by atomic mass is 10.1. The molecule has 2 N–H and O–H groups in total. The molecule has 0 bridgehead atoms. The fourth-order valence-electron chi connectivity index (χ4n) is 2.54. The Balaban J connectivity index is 1.64. The van der Waals surface area contributed by atoms with Crippen LogP contribution in [0.2, 0.25) is 0 Å². The summed E-state index contributed by atoms with van der Waals surface area (Å²) in [5.41, 5.74) is 3.80. The predicted molar refractivity (Wildman–Crippen MR) is 82.8 cm³/mol. The number of H-pyrrole nitrogens is 1. The number of aromatic amines is 1. The van der Waals surface area contributed by atoms with Gasteiger partial charge < -0.3 is 5.32 Å². The zero-order valence-corrected chi connectivity index (χ0v) is 12.1. The highest BCUT2D eigenvalue weighted by molar-refractivity contribution is 6.06. The van der Waals surface area contributed by atoms with Crippen molar-refractivity contribution in [3.63, 3.8) is 0 Å². The fraction of sp³-hybridized carbons (Fsp3) is 0.250. The van der Waals surface area contributed by atoms with Gasteiger partial charge in [0.05, 0.1) is 16.9 Å². The molecule has 0 unspecified atom stereocenters. The smallest absolute Gasteiger partial charge is 0.257 e. The number of rotatable bonds is 3. The number of fused-ring (bicyclic) bond motifs is 1. The maximum absolute atomic E-state index is 12.5. The van der Waals surface area contributed by atoms with E-state index in [1.807, 2.05) is 25.1 Å². The van der Waals surface area contributed by atoms with E-state index in [1.165, 1.54) is 0 Å². The lowest BCUT2D eigenvalue weighted by Crippen LogP contribution is -2.14. The number of hydrogen-bond donors (Lipinski definition) is 2. The highest BCUT2D eigenvalue weighted by Gasteiger charge is 2.28. The summed E-state index contributed by atoms with van der Waals surface area (Å²) in [6.07, 6.45) is 5.60. The van der Waals surface area contributed by atoms with Gasteiger partial charge in [0.2, 0.25) is 0 Å². The maximum Gasteiger partial charge on any atom is 0.257 e. The number of carbonyl (C=O) groups excluding carboxylic acids is 1. The van der Waals surface area contributed by atoms with Crippen LogP contribution in [0.5, 0.6) is 0 Å². The van der Waals surface area contributed by atoms with E-state index in [1.54, 1.807) is 12.4 Å². The Hall–Kier alpha value is -2.76. The SMILES string of the molecule is Cc1[nH]nc2ncc(C(=O)Nc3cccnc3C3CC3)cc12. The Morgan fingerprint density at radius 1 is 1.36 bits per heavy atom. The highest BCUT2D eigenvalue weighted by atomic mass is 16.1. The van der Waals surface area contributed by atoms with E-state index in [-0.39, 0.29) is 5.91 Å². The number of aromatic nitrogens is 4. The van der Waals surface area contributed by atoms with Gasteiger partial charge in [-0.05, 0) is 38.0 Å². The second-order valence-electron chi connectivity index (χ2n) is 5.61. The predicted octanol–water partition coefficient (Wildman–Crippen LogP) is 2.79. The highest BCUT2D eigenvalue weighted by Crippen LogP contribution is 2.42. The second kappa shape index (κ2) is 4.91. The molecular weight excluding hydrogens is 278 g/mol. The van der Waals surface area contributed by atoms with E-state index < -0.39 is 0 Å². The van der Waals surface area contributed by atoms with E-state index in [2.05, 4.69) is 25.5 Å². The Morgan fingerprint density at radius 2 is 2.23 bits per heavy atom. The monoisotopic (exact) mass is 293 g/mol. The van der Waals surface area contributed by atoms with Crippen molar-refractivity contribution in [1.82, 2.24) is 20.2 Å². The van der Waals surface area contributed by atoms with E-state index in [9.17, 15) is 4.79 Å². The molecule has 6 nitrogen and oxygen atoms in total. The van der Waals surface area contributed by atoms with Crippen LogP contribution >= 0.6 is 0 Å². The Morgan fingerprint density at radius 3 is 3.05 bits per heavy atom. The van der Waals surface area contributed by atoms with Crippen LogP contribution in [0.4, 0.5) is 5.69 Å². The molecule has 3 heterocycles. The van der Waals surface area contributed by atoms with Crippen LogP contribution in [0.3, 0.4) is 0 Å². The summed E-state index contributed by atoms with van der Waals surface area (Å²) in [5.74, 6) is 0.304. The van der Waals surface area contributed by atoms with Crippen LogP contribution in [-0.2, 0) is 0 Å². The first-order valence-corrected chi connectivity index (χ1v) is 7.29. The summed E-state index contributed by atoms with van der Waals surface area (Å²) in [7, 11) is 0. The van der Waals surface area contributed by atoms with Crippen molar-refractivity contribution in [2.24, 2.45) is 0 Å². The normalized spacial score (nSPS) is 14.2. The van der Waals surface area contributed by atoms with E-state index in [0.717, 1.165) is 35.3 Å². The van der Waals surface area contributed by atoms with Gasteiger partial charge in [-0.25, -0.2) is 4.98 Å². The molecule has 3 aromatic rings. The molecule has 0 atom stereocenters. The second-order valence-corrected chi connectivity index (χ2v) is 5.61. The molecule has 1 aliphatic rings. The van der Waals surface area contributed by atoms with Gasteiger partial charge in [0.1, 0.15) is 0 Å². The molecule has 0 radical (unpaired) electrons. The Kier molecular flexibility index (Phi) is 2.89. The summed E-state index contributed by atoms with van der Waals surface area (Å²) < 4.78 is 0. The van der Waals surface area contributed by atoms with Crippen molar-refractivity contribution in [2.45, 2.75) is 25.7 Å². The van der Waals surface area contributed by atoms with Crippen molar-refractivity contribution in [1.29, 1.82) is 0 Å². The average Bonchev–Trinajstić information content (AvgIpc) is 3.32. The summed E-state index contributed by atoms with van der Waals surface area (Å²) in [6.45, 7) is 1.91. The van der Waals surface area contributed by atoms with Crippen molar-refractivity contribution >= 4 is 22.6 Å². The van der Waals surface area contributed by atoms with Crippen LogP contribution in [0.1, 0.15) is 40.5 Å². The minimum absolute atomic E-state index is 0.176. The third kappa shape index (κ3) is 2.22. The van der Waals surface area contributed by atoms with Gasteiger partial charge >= 0.3 is 0 Å². The summed E-state index contributed by atoms with van der Waals surface area (Å²) in [6, 6.07) is 5.54. The lowest BCUT2D eigenvalue weighted by Gasteiger charge is -2.09. The molecule has 0 aliphatic heterocycles. The van der Waals surface area contributed by atoms with Gasteiger partial charge in [0.25, 0.3) is 5.91 Å². The summed E-state index contributed by atoms with van der Waals surface area (Å²) >= 11 is 0. The number of hydrogen-bond acceptors (Lipinski definition) is 4. The number of nitrogens with one attached hydrogen (secondary N) is 2. The first kappa shape index (κ1) is 12.9. The van der Waals surface area contributed by atoms with Gasteiger partial charge in [-0.3, -0.25) is 14.9 Å². The molecule has 0 saturated heterocycles. The van der Waals surface area contributed by atoms with Gasteiger partial charge in [-0.2, -0.15) is 5.10 Å². The summed E-state index contributed by atoms with van der Waals surface area (Å²) in [5, 5.41) is 10.8. The quantitative estimate of drug-likeness (QED) is 0.777. The van der Waals surface area contributed by atoms with Crippen LogP contribution in [0.25, 0.3) is 11.0 Å². The van der Waals surface area contributed by atoms with E-state index in [0.29, 0.717) is 17.1 Å². The van der Waals surface area contributed by atoms with E-state index >= 15 is 0 Å². The topological polar surface area (TPSA) is 83.6 Å². The van der Waals surface area contributed by atoms with Crippen LogP contribution in [0, 0.1) is 6.92 Å². The molecule has 4 rings (SSSR count). The average molecular weight is 293 g/mol. The number of pyridine rings is 2. The molecule has 1 saturated carbocycles. The van der Waals surface area contributed by atoms with Gasteiger partial charge in [-0.1, -0.05) is 0 Å². The molecule has 6 heteroatoms. The van der Waals surface area contributed by atoms with Gasteiger partial charge in [0, 0.05) is 29.4 Å². The Bertz CT molecular complexity index is 866. The minimum Gasteiger partial charge on any atom is -0.320 e. The van der Waals surface area contributed by atoms with Gasteiger partial charge in [0.15, 0.2) is 5.65 Å². The molecule has 1 amide bonds. The first-order valence-electron chi connectivity index (χ1n) is 7.29. The molecule has 110 valence electrons. The number of carbonyl (C=O) groups is 1. The molecule has 0 spiro atoms. The first-order chi connectivity index (χ1) is 10.7. The molecular formula is C16H15N5O. The number of nitrogens with zero attached hydrogens (tertiary/aromatic N) is 3. The maximum atomic E-state index is 12.5. The van der Waals surface area contributed by atoms with Crippen molar-refractivity contribution in [3.8, 4) is 0 Å². The third-order valence-corrected chi connectivity index (χ3v) is 3.91. The standard InChI is InChI=1S/C16H15N5O/c1-9-12-7-11(8-18-15(12)21-20-9)16(22)19-13-3-2-6-17-14(13)10-4-5-10/h2-3,6-8,10H,4-5H2,1H3,(H,19,22)(H,18,20,21). The summed E-state index contributed by atoms with van der Waals surface area (Å²) in [4.78, 5) is 21.1. The van der Waals surface area contributed by atoms with E-state index in [4.69, 9.17) is 0 Å². The Labute approximate surface area is 127 Å². The van der Waals surface area contributed by atoms with Gasteiger partial charge in [-0.15, -0.1) is 0 Å². The number of amides is 1. The molecule has 1 fully saturated rings. The molecule has 22 heavy (non-hydrogen) atoms. The van der Waals surface area contributed by atoms with Crippen LogP contribution in [0.15, 0.2) is 30.6 Å². The van der Waals surface area contributed by atoms with Crippen LogP contribution in [-0.4, -0.2) is 26.1 Å². The van der Waals surface area contributed by atoms with Crippen molar-refractivity contribution < 1.29 is 4.79 Å². The fourth-order valence-corrected chi connectivity index (χ4v) is 2.54. The zero-order chi connectivity index (χ0) is 15.1. The van der Waals surface area contributed by atoms with Crippen LogP contribution < -0.4 is 5.32 Å². The molecule has 0 aromatic carbocycles. The lowest BCUT2D eigenvalue weighted by molar-refractivity contribution is 0.102. The zero-order valence-electron chi connectivity index (χ0n) is 12.1. The molecule has 3 aromatic heterocycles. The largest absolute Gasteiger partial charge is 0.320 e. The van der Waals surface area contributed by atoms with Crippen molar-refractivity contribution in [3.05, 3.63) is 47.5 Å². The third-order valence-electron chi connectivity index (χ3n) is 3.91. The number of aryl methyl sites for hydroxylation is 1. The number of anilines is 1.